The number of nitrogens with one attached hydrogen (secondary N) is 1. The molecule has 31 heavy (non-hydrogen) atoms. The van der Waals surface area contributed by atoms with E-state index >= 15 is 4.39 Å². The van der Waals surface area contributed by atoms with E-state index in [1.807, 2.05) is 52.9 Å². The van der Waals surface area contributed by atoms with Crippen molar-refractivity contribution < 1.29 is 23.8 Å². The van der Waals surface area contributed by atoms with Gasteiger partial charge < -0.3 is 19.6 Å². The van der Waals surface area contributed by atoms with Crippen molar-refractivity contribution >= 4 is 16.9 Å². The second-order valence-corrected chi connectivity index (χ2v) is 9.16. The maximum absolute atomic E-state index is 15.1. The first kappa shape index (κ1) is 21.4. The van der Waals surface area contributed by atoms with Crippen LogP contribution in [0, 0.1) is 19.7 Å². The van der Waals surface area contributed by atoms with Gasteiger partial charge in [0, 0.05) is 28.2 Å². The average molecular weight is 426 g/mol. The minimum absolute atomic E-state index is 0.313. The van der Waals surface area contributed by atoms with Gasteiger partial charge in [-0.25, -0.2) is 9.18 Å². The van der Waals surface area contributed by atoms with Gasteiger partial charge in [0.05, 0.1) is 12.2 Å². The van der Waals surface area contributed by atoms with E-state index < -0.39 is 23.5 Å². The standard InChI is InChI=1S/C25H28FNO4/c1-13-11-19-16(8-9-27-19)21(20(13)23(24(28)29)31-25(3,4)5)17-12-18(26)22-15(14(17)2)7-6-10-30-22/h8-9,11-12,23,27H,6-7,10H2,1-5H3,(H,28,29). The van der Waals surface area contributed by atoms with E-state index in [2.05, 4.69) is 4.98 Å². The Morgan fingerprint density at radius 1 is 1.29 bits per heavy atom. The summed E-state index contributed by atoms with van der Waals surface area (Å²) < 4.78 is 26.7. The van der Waals surface area contributed by atoms with Gasteiger partial charge in [-0.2, -0.15) is 0 Å². The molecule has 164 valence electrons. The number of hydrogen-bond donors (Lipinski definition) is 2. The highest BCUT2D eigenvalue weighted by molar-refractivity contribution is 6.00. The number of halogens is 1. The zero-order chi connectivity index (χ0) is 22.5. The number of aliphatic carboxylic acids is 1. The van der Waals surface area contributed by atoms with Crippen LogP contribution in [0.5, 0.6) is 5.75 Å². The Morgan fingerprint density at radius 2 is 2.03 bits per heavy atom. The van der Waals surface area contributed by atoms with Crippen molar-refractivity contribution in [3.8, 4) is 16.9 Å². The molecule has 4 rings (SSSR count). The van der Waals surface area contributed by atoms with Gasteiger partial charge in [0.25, 0.3) is 0 Å². The number of ether oxygens (including phenoxy) is 2. The lowest BCUT2D eigenvalue weighted by Gasteiger charge is -2.29. The van der Waals surface area contributed by atoms with E-state index in [0.717, 1.165) is 40.4 Å². The van der Waals surface area contributed by atoms with Crippen molar-refractivity contribution in [2.45, 2.75) is 59.2 Å². The molecule has 1 aliphatic heterocycles. The highest BCUT2D eigenvalue weighted by Gasteiger charge is 2.33. The third-order valence-electron chi connectivity index (χ3n) is 5.77. The number of carbonyl (C=O) groups is 1. The predicted molar refractivity (Wildman–Crippen MR) is 118 cm³/mol. The van der Waals surface area contributed by atoms with Gasteiger partial charge in [-0.3, -0.25) is 0 Å². The van der Waals surface area contributed by atoms with Crippen LogP contribution in [-0.2, 0) is 16.0 Å². The van der Waals surface area contributed by atoms with Crippen molar-refractivity contribution in [2.75, 3.05) is 6.61 Å². The number of aryl methyl sites for hydroxylation is 1. The normalized spacial score (nSPS) is 14.9. The molecule has 0 spiro atoms. The van der Waals surface area contributed by atoms with E-state index in [4.69, 9.17) is 9.47 Å². The number of fused-ring (bicyclic) bond motifs is 2. The number of aromatic nitrogens is 1. The summed E-state index contributed by atoms with van der Waals surface area (Å²) in [5, 5.41) is 10.9. The molecule has 0 fully saturated rings. The van der Waals surface area contributed by atoms with Crippen molar-refractivity contribution in [1.29, 1.82) is 0 Å². The van der Waals surface area contributed by atoms with Crippen LogP contribution in [0.25, 0.3) is 22.0 Å². The quantitative estimate of drug-likeness (QED) is 0.549. The third kappa shape index (κ3) is 3.81. The Labute approximate surface area is 181 Å². The van der Waals surface area contributed by atoms with Crippen LogP contribution < -0.4 is 4.74 Å². The molecular weight excluding hydrogens is 397 g/mol. The number of carboxylic acid groups (broad SMARTS) is 1. The molecule has 2 aromatic carbocycles. The first-order chi connectivity index (χ1) is 14.6. The van der Waals surface area contributed by atoms with Crippen LogP contribution in [0.3, 0.4) is 0 Å². The molecule has 0 bridgehead atoms. The fraction of sp³-hybridized carbons (Fsp3) is 0.400. The Morgan fingerprint density at radius 3 is 2.71 bits per heavy atom. The smallest absolute Gasteiger partial charge is 0.337 e. The Kier molecular flexibility index (Phi) is 5.30. The topological polar surface area (TPSA) is 71.5 Å². The molecule has 0 amide bonds. The van der Waals surface area contributed by atoms with Gasteiger partial charge in [-0.1, -0.05) is 0 Å². The van der Waals surface area contributed by atoms with Gasteiger partial charge >= 0.3 is 5.97 Å². The second kappa shape index (κ2) is 7.68. The number of rotatable bonds is 4. The lowest BCUT2D eigenvalue weighted by atomic mass is 9.85. The number of carboxylic acids is 1. The molecule has 1 aromatic heterocycles. The lowest BCUT2D eigenvalue weighted by molar-refractivity contribution is -0.160. The fourth-order valence-electron chi connectivity index (χ4n) is 4.49. The summed E-state index contributed by atoms with van der Waals surface area (Å²) in [6.45, 7) is 9.80. The molecule has 0 radical (unpaired) electrons. The molecule has 0 saturated heterocycles. The molecule has 0 aliphatic carbocycles. The molecular formula is C25H28FNO4. The van der Waals surface area contributed by atoms with Gasteiger partial charge in [-0.05, 0) is 87.9 Å². The molecule has 5 nitrogen and oxygen atoms in total. The van der Waals surface area contributed by atoms with Crippen LogP contribution in [0.1, 0.15) is 55.5 Å². The highest BCUT2D eigenvalue weighted by atomic mass is 19.1. The maximum atomic E-state index is 15.1. The molecule has 3 aromatic rings. The maximum Gasteiger partial charge on any atom is 0.337 e. The minimum atomic E-state index is -1.19. The zero-order valence-electron chi connectivity index (χ0n) is 18.6. The number of hydrogen-bond acceptors (Lipinski definition) is 3. The summed E-state index contributed by atoms with van der Waals surface area (Å²) in [6.07, 6.45) is 2.17. The van der Waals surface area contributed by atoms with E-state index in [9.17, 15) is 9.90 Å². The van der Waals surface area contributed by atoms with Gasteiger partial charge in [-0.15, -0.1) is 0 Å². The zero-order valence-corrected chi connectivity index (χ0v) is 18.6. The Balaban J connectivity index is 2.07. The van der Waals surface area contributed by atoms with Crippen molar-refractivity contribution in [3.63, 3.8) is 0 Å². The minimum Gasteiger partial charge on any atom is -0.490 e. The lowest BCUT2D eigenvalue weighted by Crippen LogP contribution is -2.28. The van der Waals surface area contributed by atoms with Crippen molar-refractivity contribution in [1.82, 2.24) is 4.98 Å². The molecule has 1 atom stereocenters. The summed E-state index contributed by atoms with van der Waals surface area (Å²) in [6, 6.07) is 5.29. The van der Waals surface area contributed by atoms with Crippen LogP contribution in [0.2, 0.25) is 0 Å². The first-order valence-electron chi connectivity index (χ1n) is 10.5. The highest BCUT2D eigenvalue weighted by Crippen LogP contribution is 2.44. The summed E-state index contributed by atoms with van der Waals surface area (Å²) in [5.74, 6) is -1.18. The number of benzene rings is 2. The molecule has 2 heterocycles. The Hall–Kier alpha value is -2.86. The summed E-state index contributed by atoms with van der Waals surface area (Å²) in [7, 11) is 0. The third-order valence-corrected chi connectivity index (χ3v) is 5.77. The molecule has 1 unspecified atom stereocenters. The van der Waals surface area contributed by atoms with Crippen LogP contribution in [0.15, 0.2) is 24.4 Å². The van der Waals surface area contributed by atoms with E-state index in [-0.39, 0.29) is 0 Å². The first-order valence-corrected chi connectivity index (χ1v) is 10.5. The second-order valence-electron chi connectivity index (χ2n) is 9.16. The molecule has 2 N–H and O–H groups in total. The van der Waals surface area contributed by atoms with E-state index in [1.54, 1.807) is 0 Å². The van der Waals surface area contributed by atoms with Gasteiger partial charge in [0.15, 0.2) is 17.7 Å². The molecule has 6 heteroatoms. The van der Waals surface area contributed by atoms with Crippen LogP contribution >= 0.6 is 0 Å². The summed E-state index contributed by atoms with van der Waals surface area (Å²) >= 11 is 0. The molecule has 1 aliphatic rings. The molecule has 0 saturated carbocycles. The fourth-order valence-corrected chi connectivity index (χ4v) is 4.49. The van der Waals surface area contributed by atoms with Crippen LogP contribution in [-0.4, -0.2) is 28.3 Å². The number of aromatic amines is 1. The van der Waals surface area contributed by atoms with Gasteiger partial charge in [0.1, 0.15) is 0 Å². The van der Waals surface area contributed by atoms with Crippen molar-refractivity contribution in [2.24, 2.45) is 0 Å². The Bertz CT molecular complexity index is 1170. The monoisotopic (exact) mass is 425 g/mol. The van der Waals surface area contributed by atoms with Crippen molar-refractivity contribution in [3.05, 3.63) is 52.5 Å². The van der Waals surface area contributed by atoms with E-state index in [0.29, 0.717) is 29.0 Å². The van der Waals surface area contributed by atoms with Gasteiger partial charge in [0.2, 0.25) is 0 Å². The summed E-state index contributed by atoms with van der Waals surface area (Å²) in [4.78, 5) is 15.5. The summed E-state index contributed by atoms with van der Waals surface area (Å²) in [5.41, 5.74) is 4.64. The largest absolute Gasteiger partial charge is 0.490 e. The predicted octanol–water partition coefficient (Wildman–Crippen LogP) is 5.86. The van der Waals surface area contributed by atoms with E-state index in [1.165, 1.54) is 6.07 Å². The van der Waals surface area contributed by atoms with Crippen LogP contribution in [0.4, 0.5) is 4.39 Å². The number of H-pyrrole nitrogens is 1. The average Bonchev–Trinajstić information content (AvgIpc) is 3.15. The SMILES string of the molecule is Cc1cc2[nH]ccc2c(-c2cc(F)c3c(c2C)CCCO3)c1C(OC(C)(C)C)C(=O)O.